The van der Waals surface area contributed by atoms with Gasteiger partial charge in [0, 0.05) is 11.1 Å². The lowest BCUT2D eigenvalue weighted by Gasteiger charge is -2.20. The lowest BCUT2D eigenvalue weighted by molar-refractivity contribution is 0.0942. The van der Waals surface area contributed by atoms with Gasteiger partial charge in [0.05, 0.1) is 12.6 Å². The number of amides is 1. The fourth-order valence-corrected chi connectivity index (χ4v) is 4.17. The first-order chi connectivity index (χ1) is 17.0. The highest BCUT2D eigenvalue weighted by atomic mass is 16.5. The van der Waals surface area contributed by atoms with Gasteiger partial charge in [0.25, 0.3) is 5.91 Å². The summed E-state index contributed by atoms with van der Waals surface area (Å²) >= 11 is 0. The molecule has 0 aliphatic rings. The minimum Gasteiger partial charge on any atom is -0.493 e. The Labute approximate surface area is 207 Å². The van der Waals surface area contributed by atoms with Crippen LogP contribution in [0.2, 0.25) is 0 Å². The topological polar surface area (TPSA) is 47.6 Å². The number of aryl methyl sites for hydroxylation is 2. The Morgan fingerprint density at radius 1 is 0.771 bits per heavy atom. The normalized spacial score (nSPS) is 10.7. The van der Waals surface area contributed by atoms with Crippen LogP contribution in [0.1, 0.15) is 51.1 Å². The molecule has 0 spiro atoms. The summed E-state index contributed by atoms with van der Waals surface area (Å²) in [5.74, 6) is 1.36. The van der Waals surface area contributed by atoms with E-state index in [9.17, 15) is 4.79 Å². The monoisotopic (exact) mass is 465 g/mol. The predicted molar refractivity (Wildman–Crippen MR) is 140 cm³/mol. The average Bonchev–Trinajstić information content (AvgIpc) is 2.87. The minimum atomic E-state index is -0.258. The predicted octanol–water partition coefficient (Wildman–Crippen LogP) is 6.80. The summed E-state index contributed by atoms with van der Waals surface area (Å²) in [6, 6.07) is 31.4. The van der Waals surface area contributed by atoms with E-state index in [0.717, 1.165) is 39.3 Å². The molecule has 4 rings (SSSR count). The summed E-state index contributed by atoms with van der Waals surface area (Å²) in [6.07, 6.45) is 0. The van der Waals surface area contributed by atoms with Crippen LogP contribution < -0.4 is 14.8 Å². The van der Waals surface area contributed by atoms with Crippen LogP contribution in [-0.4, -0.2) is 12.5 Å². The van der Waals surface area contributed by atoms with Gasteiger partial charge in [-0.15, -0.1) is 0 Å². The van der Waals surface area contributed by atoms with Crippen molar-refractivity contribution in [3.63, 3.8) is 0 Å². The molecule has 0 bridgehead atoms. The van der Waals surface area contributed by atoms with E-state index in [2.05, 4.69) is 11.4 Å². The van der Waals surface area contributed by atoms with Gasteiger partial charge in [-0.2, -0.15) is 0 Å². The Morgan fingerprint density at radius 3 is 1.94 bits per heavy atom. The van der Waals surface area contributed by atoms with Crippen molar-refractivity contribution in [1.29, 1.82) is 0 Å². The number of benzene rings is 4. The van der Waals surface area contributed by atoms with Crippen molar-refractivity contribution < 1.29 is 14.3 Å². The van der Waals surface area contributed by atoms with Gasteiger partial charge in [-0.25, -0.2) is 0 Å². The van der Waals surface area contributed by atoms with Crippen molar-refractivity contribution in [3.05, 3.63) is 130 Å². The van der Waals surface area contributed by atoms with Gasteiger partial charge in [-0.05, 0) is 73.4 Å². The molecule has 4 nitrogen and oxygen atoms in total. The van der Waals surface area contributed by atoms with Crippen LogP contribution in [0, 0.1) is 13.8 Å². The summed E-state index contributed by atoms with van der Waals surface area (Å²) in [7, 11) is 0. The molecule has 1 N–H and O–H groups in total. The maximum Gasteiger partial charge on any atom is 0.252 e. The second-order valence-corrected chi connectivity index (χ2v) is 8.60. The lowest BCUT2D eigenvalue weighted by Crippen LogP contribution is -2.29. The Hall–Kier alpha value is -4.05. The van der Waals surface area contributed by atoms with E-state index in [4.69, 9.17) is 9.47 Å². The van der Waals surface area contributed by atoms with E-state index in [-0.39, 0.29) is 11.9 Å². The molecule has 0 unspecified atom stereocenters. The van der Waals surface area contributed by atoms with E-state index in [1.165, 1.54) is 0 Å². The number of carbonyl (C=O) groups excluding carboxylic acids is 1. The Balaban J connectivity index is 1.59. The number of nitrogens with one attached hydrogen (secondary N) is 1. The van der Waals surface area contributed by atoms with Crippen LogP contribution >= 0.6 is 0 Å². The molecule has 178 valence electrons. The molecule has 0 saturated carbocycles. The van der Waals surface area contributed by atoms with Gasteiger partial charge in [0.1, 0.15) is 18.1 Å². The van der Waals surface area contributed by atoms with E-state index in [1.807, 2.05) is 106 Å². The van der Waals surface area contributed by atoms with Gasteiger partial charge in [-0.3, -0.25) is 4.79 Å². The SMILES string of the molecule is CCOc1ccc(C(=O)NC(c2ccccc2)c2ccccc2)cc1COc1cc(C)cc(C)c1. The summed E-state index contributed by atoms with van der Waals surface area (Å²) in [6.45, 7) is 6.88. The van der Waals surface area contributed by atoms with Gasteiger partial charge in [0.2, 0.25) is 0 Å². The molecule has 0 aliphatic carbocycles. The number of rotatable bonds is 9. The highest BCUT2D eigenvalue weighted by Gasteiger charge is 2.19. The maximum atomic E-state index is 13.4. The number of ether oxygens (including phenoxy) is 2. The Bertz CT molecular complexity index is 1210. The van der Waals surface area contributed by atoms with Crippen molar-refractivity contribution in [3.8, 4) is 11.5 Å². The molecule has 0 radical (unpaired) electrons. The van der Waals surface area contributed by atoms with Crippen molar-refractivity contribution in [2.75, 3.05) is 6.61 Å². The number of hydrogen-bond donors (Lipinski definition) is 1. The van der Waals surface area contributed by atoms with Crippen molar-refractivity contribution in [2.24, 2.45) is 0 Å². The van der Waals surface area contributed by atoms with E-state index < -0.39 is 0 Å². The van der Waals surface area contributed by atoms with Crippen LogP contribution in [0.15, 0.2) is 97.1 Å². The Morgan fingerprint density at radius 2 is 1.37 bits per heavy atom. The third-order valence-electron chi connectivity index (χ3n) is 5.75. The molecule has 4 heteroatoms. The summed E-state index contributed by atoms with van der Waals surface area (Å²) in [5, 5.41) is 3.21. The molecule has 0 aliphatic heterocycles. The van der Waals surface area contributed by atoms with Crippen molar-refractivity contribution in [2.45, 2.75) is 33.4 Å². The zero-order valence-corrected chi connectivity index (χ0v) is 20.5. The Kier molecular flexibility index (Phi) is 7.84. The van der Waals surface area contributed by atoms with Crippen LogP contribution in [0.3, 0.4) is 0 Å². The van der Waals surface area contributed by atoms with E-state index in [0.29, 0.717) is 18.8 Å². The minimum absolute atomic E-state index is 0.154. The lowest BCUT2D eigenvalue weighted by atomic mass is 9.98. The molecule has 35 heavy (non-hydrogen) atoms. The number of hydrogen-bond acceptors (Lipinski definition) is 3. The quantitative estimate of drug-likeness (QED) is 0.296. The van der Waals surface area contributed by atoms with Crippen molar-refractivity contribution in [1.82, 2.24) is 5.32 Å². The molecule has 0 atom stereocenters. The standard InChI is InChI=1S/C31H31NO3/c1-4-34-29-16-15-26(20-27(29)21-35-28-18-22(2)17-23(3)19-28)31(33)32-30(24-11-7-5-8-12-24)25-13-9-6-10-14-25/h5-20,30H,4,21H2,1-3H3,(H,32,33). The second kappa shape index (κ2) is 11.4. The fourth-order valence-electron chi connectivity index (χ4n) is 4.17. The summed E-state index contributed by atoms with van der Waals surface area (Å²) in [4.78, 5) is 13.4. The zero-order valence-electron chi connectivity index (χ0n) is 20.5. The largest absolute Gasteiger partial charge is 0.493 e. The third-order valence-corrected chi connectivity index (χ3v) is 5.75. The molecule has 0 aromatic heterocycles. The maximum absolute atomic E-state index is 13.4. The number of carbonyl (C=O) groups is 1. The molecule has 4 aromatic carbocycles. The summed E-state index contributed by atoms with van der Waals surface area (Å²) in [5.41, 5.74) is 5.73. The van der Waals surface area contributed by atoms with Crippen LogP contribution in [0.4, 0.5) is 0 Å². The molecular weight excluding hydrogens is 434 g/mol. The molecular formula is C31H31NO3. The molecule has 1 amide bonds. The second-order valence-electron chi connectivity index (χ2n) is 8.60. The zero-order chi connectivity index (χ0) is 24.6. The third kappa shape index (κ3) is 6.30. The van der Waals surface area contributed by atoms with Gasteiger partial charge in [-0.1, -0.05) is 66.7 Å². The molecule has 0 heterocycles. The average molecular weight is 466 g/mol. The first-order valence-electron chi connectivity index (χ1n) is 11.9. The van der Waals surface area contributed by atoms with Crippen LogP contribution in [-0.2, 0) is 6.61 Å². The molecule has 0 fully saturated rings. The van der Waals surface area contributed by atoms with Gasteiger partial charge < -0.3 is 14.8 Å². The van der Waals surface area contributed by atoms with Gasteiger partial charge in [0.15, 0.2) is 0 Å². The fraction of sp³-hybridized carbons (Fsp3) is 0.194. The van der Waals surface area contributed by atoms with E-state index >= 15 is 0 Å². The van der Waals surface area contributed by atoms with Crippen LogP contribution in [0.25, 0.3) is 0 Å². The smallest absolute Gasteiger partial charge is 0.252 e. The molecule has 0 saturated heterocycles. The van der Waals surface area contributed by atoms with Crippen molar-refractivity contribution >= 4 is 5.91 Å². The summed E-state index contributed by atoms with van der Waals surface area (Å²) < 4.78 is 11.9. The van der Waals surface area contributed by atoms with Gasteiger partial charge >= 0.3 is 0 Å². The van der Waals surface area contributed by atoms with E-state index in [1.54, 1.807) is 6.07 Å². The highest BCUT2D eigenvalue weighted by Crippen LogP contribution is 2.26. The first-order valence-corrected chi connectivity index (χ1v) is 11.9. The molecule has 4 aromatic rings. The van der Waals surface area contributed by atoms with Crippen LogP contribution in [0.5, 0.6) is 11.5 Å². The highest BCUT2D eigenvalue weighted by molar-refractivity contribution is 5.95. The first kappa shape index (κ1) is 24.1.